The van der Waals surface area contributed by atoms with Crippen LogP contribution in [0.2, 0.25) is 0 Å². The number of piperidine rings is 1. The molecule has 136 valence electrons. The molecule has 1 aromatic rings. The molecule has 0 spiro atoms. The number of hydrogen-bond acceptors (Lipinski definition) is 5. The second-order valence-electron chi connectivity index (χ2n) is 6.58. The summed E-state index contributed by atoms with van der Waals surface area (Å²) < 4.78 is 11.1. The van der Waals surface area contributed by atoms with Gasteiger partial charge in [0.1, 0.15) is 13.2 Å². The number of fused-ring (bicyclic) bond motifs is 1. The van der Waals surface area contributed by atoms with E-state index in [2.05, 4.69) is 5.32 Å². The molecule has 7 nitrogen and oxygen atoms in total. The van der Waals surface area contributed by atoms with E-state index in [1.807, 2.05) is 30.0 Å². The average molecular weight is 347 g/mol. The predicted molar refractivity (Wildman–Crippen MR) is 92.4 cm³/mol. The van der Waals surface area contributed by atoms with Gasteiger partial charge in [-0.05, 0) is 44.0 Å². The monoisotopic (exact) mass is 347 g/mol. The molecule has 2 aliphatic rings. The molecular weight excluding hydrogens is 322 g/mol. The van der Waals surface area contributed by atoms with E-state index in [1.54, 1.807) is 0 Å². The summed E-state index contributed by atoms with van der Waals surface area (Å²) in [5.74, 6) is 0.962. The third-order valence-corrected chi connectivity index (χ3v) is 4.73. The molecule has 0 unspecified atom stereocenters. The van der Waals surface area contributed by atoms with Crippen LogP contribution in [0.15, 0.2) is 18.2 Å². The number of ether oxygens (including phenoxy) is 2. The first kappa shape index (κ1) is 17.5. The lowest BCUT2D eigenvalue weighted by Crippen LogP contribution is -2.51. The van der Waals surface area contributed by atoms with Crippen LogP contribution in [0.25, 0.3) is 0 Å². The quantitative estimate of drug-likeness (QED) is 0.828. The maximum atomic E-state index is 12.4. The van der Waals surface area contributed by atoms with Crippen molar-refractivity contribution in [2.24, 2.45) is 5.73 Å². The molecule has 0 bridgehead atoms. The number of carbonyl (C=O) groups excluding carboxylic acids is 2. The van der Waals surface area contributed by atoms with Crippen LogP contribution >= 0.6 is 0 Å². The Labute approximate surface area is 147 Å². The molecule has 1 fully saturated rings. The van der Waals surface area contributed by atoms with Gasteiger partial charge in [0, 0.05) is 0 Å². The number of rotatable bonds is 5. The van der Waals surface area contributed by atoms with Crippen LogP contribution in [0.3, 0.4) is 0 Å². The normalized spacial score (nSPS) is 21.4. The van der Waals surface area contributed by atoms with Crippen molar-refractivity contribution in [3.05, 3.63) is 23.8 Å². The van der Waals surface area contributed by atoms with Crippen molar-refractivity contribution in [3.63, 3.8) is 0 Å². The number of nitrogens with one attached hydrogen (secondary N) is 1. The van der Waals surface area contributed by atoms with Crippen LogP contribution in [0.1, 0.15) is 37.8 Å². The highest BCUT2D eigenvalue weighted by Crippen LogP contribution is 2.32. The third-order valence-electron chi connectivity index (χ3n) is 4.73. The highest BCUT2D eigenvalue weighted by molar-refractivity contribution is 5.82. The molecule has 25 heavy (non-hydrogen) atoms. The first-order valence-corrected chi connectivity index (χ1v) is 8.77. The summed E-state index contributed by atoms with van der Waals surface area (Å²) in [6.07, 6.45) is 2.68. The van der Waals surface area contributed by atoms with E-state index >= 15 is 0 Å². The molecule has 2 heterocycles. The standard InChI is InChI=1S/C18H25N3O4/c1-12(13-5-6-15-16(10-13)25-9-8-24-15)20-17(22)11-21-7-3-2-4-14(21)18(19)23/h5-6,10,12,14H,2-4,7-9,11H2,1H3,(H2,19,23)(H,20,22)/t12-,14+/m0/s1. The Hall–Kier alpha value is -2.28. The number of primary amides is 1. The van der Waals surface area contributed by atoms with Crippen LogP contribution in [-0.4, -0.2) is 49.1 Å². The summed E-state index contributed by atoms with van der Waals surface area (Å²) in [6, 6.07) is 5.17. The highest BCUT2D eigenvalue weighted by Gasteiger charge is 2.28. The minimum absolute atomic E-state index is 0.115. The summed E-state index contributed by atoms with van der Waals surface area (Å²) in [4.78, 5) is 25.8. The second-order valence-corrected chi connectivity index (χ2v) is 6.58. The van der Waals surface area contributed by atoms with Crippen LogP contribution in [0.5, 0.6) is 11.5 Å². The number of likely N-dealkylation sites (tertiary alicyclic amines) is 1. The molecule has 2 atom stereocenters. The number of carbonyl (C=O) groups is 2. The van der Waals surface area contributed by atoms with E-state index in [4.69, 9.17) is 15.2 Å². The summed E-state index contributed by atoms with van der Waals surface area (Å²) in [5.41, 5.74) is 6.40. The van der Waals surface area contributed by atoms with Crippen LogP contribution in [0.4, 0.5) is 0 Å². The summed E-state index contributed by atoms with van der Waals surface area (Å²) in [5, 5.41) is 2.98. The number of nitrogens with zero attached hydrogens (tertiary/aromatic N) is 1. The number of nitrogens with two attached hydrogens (primary N) is 1. The molecule has 0 aliphatic carbocycles. The van der Waals surface area contributed by atoms with E-state index < -0.39 is 0 Å². The SMILES string of the molecule is C[C@H](NC(=O)CN1CCCC[C@@H]1C(N)=O)c1ccc2c(c1)OCCO2. The Kier molecular flexibility index (Phi) is 5.43. The minimum atomic E-state index is -0.354. The van der Waals surface area contributed by atoms with Crippen molar-refractivity contribution in [3.8, 4) is 11.5 Å². The lowest BCUT2D eigenvalue weighted by molar-refractivity contribution is -0.128. The molecule has 2 aliphatic heterocycles. The van der Waals surface area contributed by atoms with Crippen molar-refractivity contribution >= 4 is 11.8 Å². The maximum absolute atomic E-state index is 12.4. The van der Waals surface area contributed by atoms with Gasteiger partial charge in [0.15, 0.2) is 11.5 Å². The number of benzene rings is 1. The van der Waals surface area contributed by atoms with Gasteiger partial charge >= 0.3 is 0 Å². The van der Waals surface area contributed by atoms with Gasteiger partial charge in [0.2, 0.25) is 11.8 Å². The zero-order valence-corrected chi connectivity index (χ0v) is 14.5. The van der Waals surface area contributed by atoms with Crippen molar-refractivity contribution in [1.82, 2.24) is 10.2 Å². The van der Waals surface area contributed by atoms with Crippen molar-refractivity contribution < 1.29 is 19.1 Å². The Balaban J connectivity index is 1.59. The van der Waals surface area contributed by atoms with E-state index in [1.165, 1.54) is 0 Å². The zero-order valence-electron chi connectivity index (χ0n) is 14.5. The molecule has 1 aromatic carbocycles. The van der Waals surface area contributed by atoms with E-state index in [-0.39, 0.29) is 30.4 Å². The van der Waals surface area contributed by atoms with Crippen LogP contribution < -0.4 is 20.5 Å². The van der Waals surface area contributed by atoms with E-state index in [0.29, 0.717) is 19.0 Å². The van der Waals surface area contributed by atoms with Gasteiger partial charge in [0.25, 0.3) is 0 Å². The maximum Gasteiger partial charge on any atom is 0.234 e. The van der Waals surface area contributed by atoms with E-state index in [0.717, 1.165) is 37.1 Å². The number of hydrogen-bond donors (Lipinski definition) is 2. The van der Waals surface area contributed by atoms with E-state index in [9.17, 15) is 9.59 Å². The van der Waals surface area contributed by atoms with Crippen LogP contribution in [0, 0.1) is 0 Å². The predicted octanol–water partition coefficient (Wildman–Crippen LogP) is 0.975. The van der Waals surface area contributed by atoms with Gasteiger partial charge in [-0.2, -0.15) is 0 Å². The summed E-state index contributed by atoms with van der Waals surface area (Å²) in [6.45, 7) is 3.91. The fraction of sp³-hybridized carbons (Fsp3) is 0.556. The van der Waals surface area contributed by atoms with Crippen molar-refractivity contribution in [1.29, 1.82) is 0 Å². The topological polar surface area (TPSA) is 93.9 Å². The highest BCUT2D eigenvalue weighted by atomic mass is 16.6. The molecule has 1 saturated heterocycles. The van der Waals surface area contributed by atoms with Gasteiger partial charge in [0.05, 0.1) is 18.6 Å². The smallest absolute Gasteiger partial charge is 0.234 e. The average Bonchev–Trinajstić information content (AvgIpc) is 2.61. The Morgan fingerprint density at radius 2 is 2.04 bits per heavy atom. The van der Waals surface area contributed by atoms with Gasteiger partial charge in [-0.1, -0.05) is 12.5 Å². The third kappa shape index (κ3) is 4.22. The van der Waals surface area contributed by atoms with Gasteiger partial charge in [-0.3, -0.25) is 14.5 Å². The summed E-state index contributed by atoms with van der Waals surface area (Å²) >= 11 is 0. The molecule has 7 heteroatoms. The fourth-order valence-corrected chi connectivity index (χ4v) is 3.39. The minimum Gasteiger partial charge on any atom is -0.486 e. The first-order chi connectivity index (χ1) is 12.0. The first-order valence-electron chi connectivity index (χ1n) is 8.77. The number of amides is 2. The second kappa shape index (κ2) is 7.74. The lowest BCUT2D eigenvalue weighted by atomic mass is 10.0. The van der Waals surface area contributed by atoms with Gasteiger partial charge in [-0.25, -0.2) is 0 Å². The molecular formula is C18H25N3O4. The van der Waals surface area contributed by atoms with Gasteiger partial charge < -0.3 is 20.5 Å². The molecule has 0 radical (unpaired) electrons. The molecule has 3 N–H and O–H groups in total. The largest absolute Gasteiger partial charge is 0.486 e. The molecule has 3 rings (SSSR count). The Bertz CT molecular complexity index is 649. The summed E-state index contributed by atoms with van der Waals surface area (Å²) in [7, 11) is 0. The molecule has 0 aromatic heterocycles. The zero-order chi connectivity index (χ0) is 17.8. The molecule has 2 amide bonds. The van der Waals surface area contributed by atoms with Crippen molar-refractivity contribution in [2.75, 3.05) is 26.3 Å². The molecule has 0 saturated carbocycles. The van der Waals surface area contributed by atoms with Crippen molar-refractivity contribution in [2.45, 2.75) is 38.3 Å². The Morgan fingerprint density at radius 3 is 2.80 bits per heavy atom. The Morgan fingerprint density at radius 1 is 1.28 bits per heavy atom. The van der Waals surface area contributed by atoms with Crippen LogP contribution in [-0.2, 0) is 9.59 Å². The lowest BCUT2D eigenvalue weighted by Gasteiger charge is -2.33. The fourth-order valence-electron chi connectivity index (χ4n) is 3.39. The van der Waals surface area contributed by atoms with Gasteiger partial charge in [-0.15, -0.1) is 0 Å².